The predicted octanol–water partition coefficient (Wildman–Crippen LogP) is 3.03. The molecule has 0 unspecified atom stereocenters. The Bertz CT molecular complexity index is 104. The van der Waals surface area contributed by atoms with Gasteiger partial charge in [0.2, 0.25) is 0 Å². The van der Waals surface area contributed by atoms with Crippen LogP contribution in [0.1, 0.15) is 46.0 Å². The molecular formula is C13H28O3. The molecule has 0 aliphatic carbocycles. The van der Waals surface area contributed by atoms with Gasteiger partial charge in [-0.15, -0.1) is 0 Å². The van der Waals surface area contributed by atoms with E-state index in [4.69, 9.17) is 14.2 Å². The summed E-state index contributed by atoms with van der Waals surface area (Å²) < 4.78 is 16.1. The van der Waals surface area contributed by atoms with Gasteiger partial charge in [0, 0.05) is 13.2 Å². The number of rotatable bonds is 13. The summed E-state index contributed by atoms with van der Waals surface area (Å²) in [4.78, 5) is 0. The van der Waals surface area contributed by atoms with Crippen molar-refractivity contribution >= 4 is 0 Å². The highest BCUT2D eigenvalue weighted by molar-refractivity contribution is 4.39. The van der Waals surface area contributed by atoms with Crippen molar-refractivity contribution in [2.24, 2.45) is 0 Å². The summed E-state index contributed by atoms with van der Waals surface area (Å²) in [6, 6.07) is 0. The van der Waals surface area contributed by atoms with E-state index >= 15 is 0 Å². The zero-order valence-electron chi connectivity index (χ0n) is 11.0. The van der Waals surface area contributed by atoms with Crippen LogP contribution in [0.15, 0.2) is 0 Å². The largest absolute Gasteiger partial charge is 0.379 e. The van der Waals surface area contributed by atoms with E-state index in [2.05, 4.69) is 13.8 Å². The summed E-state index contributed by atoms with van der Waals surface area (Å²) in [5, 5.41) is 0. The molecule has 0 N–H and O–H groups in total. The lowest BCUT2D eigenvalue weighted by Crippen LogP contribution is -2.10. The quantitative estimate of drug-likeness (QED) is 0.457. The maximum atomic E-state index is 5.44. The Morgan fingerprint density at radius 2 is 1.06 bits per heavy atom. The molecule has 0 aromatic heterocycles. The van der Waals surface area contributed by atoms with Gasteiger partial charge in [-0.2, -0.15) is 0 Å². The van der Waals surface area contributed by atoms with Crippen LogP contribution in [0.3, 0.4) is 0 Å². The Balaban J connectivity index is 2.83. The second kappa shape index (κ2) is 14.9. The summed E-state index contributed by atoms with van der Waals surface area (Å²) in [5.74, 6) is 0. The molecule has 0 aromatic carbocycles. The number of unbranched alkanes of at least 4 members (excludes halogenated alkanes) is 3. The van der Waals surface area contributed by atoms with Crippen molar-refractivity contribution in [2.45, 2.75) is 46.0 Å². The summed E-state index contributed by atoms with van der Waals surface area (Å²) in [7, 11) is 0. The van der Waals surface area contributed by atoms with Crippen LogP contribution in [-0.4, -0.2) is 39.6 Å². The summed E-state index contributed by atoms with van der Waals surface area (Å²) in [5.41, 5.74) is 0. The summed E-state index contributed by atoms with van der Waals surface area (Å²) >= 11 is 0. The summed E-state index contributed by atoms with van der Waals surface area (Å²) in [6.45, 7) is 8.79. The van der Waals surface area contributed by atoms with Gasteiger partial charge in [0.25, 0.3) is 0 Å². The average molecular weight is 232 g/mol. The third kappa shape index (κ3) is 13.9. The van der Waals surface area contributed by atoms with Gasteiger partial charge in [-0.25, -0.2) is 0 Å². The standard InChI is InChI=1S/C13H28O3/c1-3-5-6-7-9-15-11-13-16-12-10-14-8-4-2/h3-13H2,1-2H3. The van der Waals surface area contributed by atoms with E-state index < -0.39 is 0 Å². The van der Waals surface area contributed by atoms with Crippen molar-refractivity contribution in [3.8, 4) is 0 Å². The van der Waals surface area contributed by atoms with Gasteiger partial charge in [0.1, 0.15) is 0 Å². The fourth-order valence-electron chi connectivity index (χ4n) is 1.32. The molecule has 0 aliphatic rings. The molecule has 3 nitrogen and oxygen atoms in total. The highest BCUT2D eigenvalue weighted by Crippen LogP contribution is 1.98. The van der Waals surface area contributed by atoms with Crippen LogP contribution < -0.4 is 0 Å². The van der Waals surface area contributed by atoms with Crippen molar-refractivity contribution in [3.05, 3.63) is 0 Å². The smallest absolute Gasteiger partial charge is 0.0701 e. The van der Waals surface area contributed by atoms with Gasteiger partial charge in [-0.3, -0.25) is 0 Å². The lowest BCUT2D eigenvalue weighted by molar-refractivity contribution is 0.0140. The topological polar surface area (TPSA) is 27.7 Å². The minimum atomic E-state index is 0.680. The number of hydrogen-bond acceptors (Lipinski definition) is 3. The molecular weight excluding hydrogens is 204 g/mol. The highest BCUT2D eigenvalue weighted by atomic mass is 16.5. The first-order chi connectivity index (χ1) is 7.91. The van der Waals surface area contributed by atoms with Crippen molar-refractivity contribution in [2.75, 3.05) is 39.6 Å². The van der Waals surface area contributed by atoms with Crippen molar-refractivity contribution in [1.29, 1.82) is 0 Å². The first-order valence-electron chi connectivity index (χ1n) is 6.65. The maximum Gasteiger partial charge on any atom is 0.0701 e. The Hall–Kier alpha value is -0.120. The Morgan fingerprint density at radius 3 is 1.62 bits per heavy atom. The van der Waals surface area contributed by atoms with E-state index in [1.807, 2.05) is 0 Å². The second-order valence-electron chi connectivity index (χ2n) is 3.90. The van der Waals surface area contributed by atoms with E-state index in [9.17, 15) is 0 Å². The van der Waals surface area contributed by atoms with E-state index in [-0.39, 0.29) is 0 Å². The van der Waals surface area contributed by atoms with Gasteiger partial charge in [0.15, 0.2) is 0 Å². The Morgan fingerprint density at radius 1 is 0.500 bits per heavy atom. The summed E-state index contributed by atoms with van der Waals surface area (Å²) in [6.07, 6.45) is 6.12. The fourth-order valence-corrected chi connectivity index (χ4v) is 1.32. The molecule has 0 bridgehead atoms. The first kappa shape index (κ1) is 15.9. The molecule has 0 aliphatic heterocycles. The normalized spacial score (nSPS) is 10.9. The van der Waals surface area contributed by atoms with Crippen LogP contribution in [0.4, 0.5) is 0 Å². The van der Waals surface area contributed by atoms with Crippen LogP contribution in [0.5, 0.6) is 0 Å². The molecule has 0 aromatic rings. The second-order valence-corrected chi connectivity index (χ2v) is 3.90. The Kier molecular flexibility index (Phi) is 14.8. The van der Waals surface area contributed by atoms with Gasteiger partial charge in [-0.05, 0) is 12.8 Å². The molecule has 0 spiro atoms. The van der Waals surface area contributed by atoms with E-state index in [0.29, 0.717) is 26.4 Å². The molecule has 0 saturated carbocycles. The van der Waals surface area contributed by atoms with Crippen LogP contribution in [-0.2, 0) is 14.2 Å². The molecule has 0 atom stereocenters. The fraction of sp³-hybridized carbons (Fsp3) is 1.00. The maximum absolute atomic E-state index is 5.44. The molecule has 0 radical (unpaired) electrons. The van der Waals surface area contributed by atoms with E-state index in [1.54, 1.807) is 0 Å². The minimum absolute atomic E-state index is 0.680. The molecule has 0 saturated heterocycles. The SMILES string of the molecule is CCCCCCOCCOCCOCCC. The lowest BCUT2D eigenvalue weighted by atomic mass is 10.2. The molecule has 0 amide bonds. The van der Waals surface area contributed by atoms with Crippen molar-refractivity contribution in [1.82, 2.24) is 0 Å². The van der Waals surface area contributed by atoms with Gasteiger partial charge in [0.05, 0.1) is 26.4 Å². The minimum Gasteiger partial charge on any atom is -0.379 e. The van der Waals surface area contributed by atoms with Crippen molar-refractivity contribution in [3.63, 3.8) is 0 Å². The van der Waals surface area contributed by atoms with Crippen LogP contribution in [0.25, 0.3) is 0 Å². The third-order valence-electron chi connectivity index (χ3n) is 2.23. The molecule has 0 heterocycles. The van der Waals surface area contributed by atoms with Crippen LogP contribution in [0.2, 0.25) is 0 Å². The van der Waals surface area contributed by atoms with Gasteiger partial charge in [-0.1, -0.05) is 33.1 Å². The first-order valence-corrected chi connectivity index (χ1v) is 6.65. The average Bonchev–Trinajstić information content (AvgIpc) is 2.31. The highest BCUT2D eigenvalue weighted by Gasteiger charge is 1.91. The zero-order valence-corrected chi connectivity index (χ0v) is 11.0. The molecule has 16 heavy (non-hydrogen) atoms. The zero-order chi connectivity index (χ0) is 11.9. The van der Waals surface area contributed by atoms with Gasteiger partial charge < -0.3 is 14.2 Å². The van der Waals surface area contributed by atoms with E-state index in [1.165, 1.54) is 25.7 Å². The van der Waals surface area contributed by atoms with Crippen molar-refractivity contribution < 1.29 is 14.2 Å². The molecule has 3 heteroatoms. The Labute approximate surface area is 100 Å². The van der Waals surface area contributed by atoms with Crippen LogP contribution in [0, 0.1) is 0 Å². The third-order valence-corrected chi connectivity index (χ3v) is 2.23. The van der Waals surface area contributed by atoms with E-state index in [0.717, 1.165) is 19.6 Å². The monoisotopic (exact) mass is 232 g/mol. The molecule has 0 fully saturated rings. The lowest BCUT2D eigenvalue weighted by Gasteiger charge is -2.06. The molecule has 98 valence electrons. The predicted molar refractivity (Wildman–Crippen MR) is 66.9 cm³/mol. The number of ether oxygens (including phenoxy) is 3. The van der Waals surface area contributed by atoms with Crippen LogP contribution >= 0.6 is 0 Å². The van der Waals surface area contributed by atoms with Gasteiger partial charge >= 0.3 is 0 Å². The number of hydrogen-bond donors (Lipinski definition) is 0. The molecule has 0 rings (SSSR count).